The van der Waals surface area contributed by atoms with Gasteiger partial charge in [-0.25, -0.2) is 14.8 Å². The lowest BCUT2D eigenvalue weighted by atomic mass is 9.86. The molecule has 0 bridgehead atoms. The molecule has 1 heterocycles. The molecule has 1 fully saturated rings. The molecule has 7 nitrogen and oxygen atoms in total. The number of imide groups is 1. The van der Waals surface area contributed by atoms with Crippen molar-refractivity contribution >= 4 is 38.8 Å². The number of benzene rings is 1. The van der Waals surface area contributed by atoms with Crippen LogP contribution in [-0.4, -0.2) is 34.6 Å². The Morgan fingerprint density at radius 3 is 2.88 bits per heavy atom. The molecule has 1 aliphatic carbocycles. The van der Waals surface area contributed by atoms with Crippen molar-refractivity contribution < 1.29 is 14.3 Å². The molecule has 0 radical (unpaired) electrons. The van der Waals surface area contributed by atoms with Crippen molar-refractivity contribution in [2.24, 2.45) is 5.92 Å². The van der Waals surface area contributed by atoms with E-state index in [1.807, 2.05) is 18.2 Å². The lowest BCUT2D eigenvalue weighted by Gasteiger charge is -2.29. The molecule has 26 heavy (non-hydrogen) atoms. The summed E-state index contributed by atoms with van der Waals surface area (Å²) in [5, 5.41) is 5.88. The Morgan fingerprint density at radius 2 is 2.08 bits per heavy atom. The fourth-order valence-corrected chi connectivity index (χ4v) is 3.51. The molecule has 0 aliphatic heterocycles. The fourth-order valence-electron chi connectivity index (χ4n) is 3.15. The zero-order chi connectivity index (χ0) is 18.5. The second-order valence-corrected chi connectivity index (χ2v) is 7.43. The zero-order valence-electron chi connectivity index (χ0n) is 14.5. The third-order valence-corrected chi connectivity index (χ3v) is 5.07. The number of hydrogen-bond donors (Lipinski definition) is 2. The molecule has 2 aromatic rings. The molecule has 0 saturated heterocycles. The van der Waals surface area contributed by atoms with Gasteiger partial charge in [0.05, 0.1) is 10.9 Å². The van der Waals surface area contributed by atoms with Gasteiger partial charge in [0.2, 0.25) is 5.88 Å². The van der Waals surface area contributed by atoms with Crippen molar-refractivity contribution in [3.63, 3.8) is 0 Å². The van der Waals surface area contributed by atoms with Gasteiger partial charge in [0, 0.05) is 10.5 Å². The molecule has 3 rings (SSSR count). The summed E-state index contributed by atoms with van der Waals surface area (Å²) in [5.41, 5.74) is 0.711. The molecule has 2 N–H and O–H groups in total. The van der Waals surface area contributed by atoms with Crippen molar-refractivity contribution in [3.8, 4) is 5.88 Å². The van der Waals surface area contributed by atoms with Crippen LogP contribution in [0.2, 0.25) is 0 Å². The van der Waals surface area contributed by atoms with E-state index in [4.69, 9.17) is 4.74 Å². The van der Waals surface area contributed by atoms with E-state index >= 15 is 0 Å². The standard InChI is InChI=1S/C18H21BrN4O3/c1-11-4-2-3-5-14(11)22-18(25)23-16(24)9-26-17-13-8-12(19)6-7-15(13)20-10-21-17/h6-8,10-11,14H,2-5,9H2,1H3,(H2,22,23,24,25). The van der Waals surface area contributed by atoms with Crippen molar-refractivity contribution in [3.05, 3.63) is 29.0 Å². The van der Waals surface area contributed by atoms with Gasteiger partial charge in [-0.05, 0) is 37.0 Å². The van der Waals surface area contributed by atoms with Gasteiger partial charge in [-0.15, -0.1) is 0 Å². The molecular formula is C18H21BrN4O3. The van der Waals surface area contributed by atoms with Crippen LogP contribution in [0.5, 0.6) is 5.88 Å². The fraction of sp³-hybridized carbons (Fsp3) is 0.444. The average molecular weight is 421 g/mol. The van der Waals surface area contributed by atoms with Crippen LogP contribution in [0.15, 0.2) is 29.0 Å². The maximum absolute atomic E-state index is 12.0. The third-order valence-electron chi connectivity index (χ3n) is 4.58. The number of ether oxygens (including phenoxy) is 1. The topological polar surface area (TPSA) is 93.2 Å². The van der Waals surface area contributed by atoms with Crippen LogP contribution in [0.1, 0.15) is 32.6 Å². The summed E-state index contributed by atoms with van der Waals surface area (Å²) in [4.78, 5) is 32.2. The number of halogens is 1. The summed E-state index contributed by atoms with van der Waals surface area (Å²) in [7, 11) is 0. The Labute approximate surface area is 160 Å². The predicted octanol–water partition coefficient (Wildman–Crippen LogP) is 3.18. The molecule has 1 saturated carbocycles. The van der Waals surface area contributed by atoms with E-state index in [-0.39, 0.29) is 12.6 Å². The number of rotatable bonds is 4. The second-order valence-electron chi connectivity index (χ2n) is 6.52. The van der Waals surface area contributed by atoms with Gasteiger partial charge in [0.25, 0.3) is 5.91 Å². The van der Waals surface area contributed by atoms with Crippen LogP contribution in [-0.2, 0) is 4.79 Å². The van der Waals surface area contributed by atoms with Gasteiger partial charge < -0.3 is 10.1 Å². The first-order chi connectivity index (χ1) is 12.5. The van der Waals surface area contributed by atoms with E-state index < -0.39 is 11.9 Å². The highest BCUT2D eigenvalue weighted by Gasteiger charge is 2.23. The number of carbonyl (C=O) groups excluding carboxylic acids is 2. The van der Waals surface area contributed by atoms with Crippen molar-refractivity contribution in [2.75, 3.05) is 6.61 Å². The summed E-state index contributed by atoms with van der Waals surface area (Å²) in [6.45, 7) is 1.82. The Hall–Kier alpha value is -2.22. The number of fused-ring (bicyclic) bond motifs is 1. The molecule has 2 unspecified atom stereocenters. The maximum Gasteiger partial charge on any atom is 0.321 e. The number of hydrogen-bond acceptors (Lipinski definition) is 5. The first-order valence-electron chi connectivity index (χ1n) is 8.66. The van der Waals surface area contributed by atoms with Crippen LogP contribution < -0.4 is 15.4 Å². The number of amides is 3. The molecular weight excluding hydrogens is 400 g/mol. The number of urea groups is 1. The summed E-state index contributed by atoms with van der Waals surface area (Å²) < 4.78 is 6.34. The average Bonchev–Trinajstić information content (AvgIpc) is 2.62. The minimum atomic E-state index is -0.521. The van der Waals surface area contributed by atoms with Gasteiger partial charge in [-0.1, -0.05) is 35.7 Å². The highest BCUT2D eigenvalue weighted by molar-refractivity contribution is 9.10. The second kappa shape index (κ2) is 8.44. The van der Waals surface area contributed by atoms with Gasteiger partial charge >= 0.3 is 6.03 Å². The highest BCUT2D eigenvalue weighted by Crippen LogP contribution is 2.25. The Morgan fingerprint density at radius 1 is 1.27 bits per heavy atom. The number of aromatic nitrogens is 2. The Bertz CT molecular complexity index is 814. The molecule has 138 valence electrons. The van der Waals surface area contributed by atoms with E-state index in [1.165, 1.54) is 12.7 Å². The van der Waals surface area contributed by atoms with E-state index in [1.54, 1.807) is 0 Å². The minimum Gasteiger partial charge on any atom is -0.467 e. The number of carbonyl (C=O) groups is 2. The Balaban J connectivity index is 1.54. The highest BCUT2D eigenvalue weighted by atomic mass is 79.9. The maximum atomic E-state index is 12.0. The minimum absolute atomic E-state index is 0.112. The van der Waals surface area contributed by atoms with Crippen LogP contribution >= 0.6 is 15.9 Å². The van der Waals surface area contributed by atoms with Crippen LogP contribution in [0.3, 0.4) is 0 Å². The van der Waals surface area contributed by atoms with E-state index in [9.17, 15) is 9.59 Å². The van der Waals surface area contributed by atoms with Gasteiger partial charge in [0.1, 0.15) is 6.33 Å². The third kappa shape index (κ3) is 4.69. The lowest BCUT2D eigenvalue weighted by Crippen LogP contribution is -2.48. The van der Waals surface area contributed by atoms with Crippen LogP contribution in [0.25, 0.3) is 10.9 Å². The van der Waals surface area contributed by atoms with E-state index in [0.717, 1.165) is 23.7 Å². The van der Waals surface area contributed by atoms with Crippen molar-refractivity contribution in [2.45, 2.75) is 38.6 Å². The first kappa shape index (κ1) is 18.6. The van der Waals surface area contributed by atoms with Gasteiger partial charge in [0.15, 0.2) is 6.61 Å². The van der Waals surface area contributed by atoms with E-state index in [2.05, 4.69) is 43.5 Å². The first-order valence-corrected chi connectivity index (χ1v) is 9.45. The Kier molecular flexibility index (Phi) is 6.03. The lowest BCUT2D eigenvalue weighted by molar-refractivity contribution is -0.122. The van der Waals surface area contributed by atoms with Crippen LogP contribution in [0, 0.1) is 5.92 Å². The molecule has 1 aromatic heterocycles. The molecule has 1 aliphatic rings. The molecule has 3 amide bonds. The quantitative estimate of drug-likeness (QED) is 0.791. The van der Waals surface area contributed by atoms with Crippen molar-refractivity contribution in [1.82, 2.24) is 20.6 Å². The number of nitrogens with zero attached hydrogens (tertiary/aromatic N) is 2. The molecule has 2 atom stereocenters. The predicted molar refractivity (Wildman–Crippen MR) is 101 cm³/mol. The normalized spacial score (nSPS) is 19.8. The largest absolute Gasteiger partial charge is 0.467 e. The zero-order valence-corrected chi connectivity index (χ0v) is 16.1. The summed E-state index contributed by atoms with van der Waals surface area (Å²) in [6.07, 6.45) is 5.71. The van der Waals surface area contributed by atoms with Crippen LogP contribution in [0.4, 0.5) is 4.79 Å². The molecule has 8 heteroatoms. The summed E-state index contributed by atoms with van der Waals surface area (Å²) >= 11 is 3.39. The molecule has 0 spiro atoms. The summed E-state index contributed by atoms with van der Waals surface area (Å²) in [6, 6.07) is 5.14. The van der Waals surface area contributed by atoms with E-state index in [0.29, 0.717) is 22.7 Å². The monoisotopic (exact) mass is 420 g/mol. The van der Waals surface area contributed by atoms with Gasteiger partial charge in [-0.3, -0.25) is 10.1 Å². The molecule has 1 aromatic carbocycles. The SMILES string of the molecule is CC1CCCCC1NC(=O)NC(=O)COc1ncnc2ccc(Br)cc12. The summed E-state index contributed by atoms with van der Waals surface area (Å²) in [5.74, 6) is 0.201. The number of nitrogens with one attached hydrogen (secondary N) is 2. The van der Waals surface area contributed by atoms with Crippen molar-refractivity contribution in [1.29, 1.82) is 0 Å². The van der Waals surface area contributed by atoms with Gasteiger partial charge in [-0.2, -0.15) is 0 Å². The smallest absolute Gasteiger partial charge is 0.321 e.